The maximum absolute atomic E-state index is 13.3. The van der Waals surface area contributed by atoms with E-state index in [1.54, 1.807) is 31.4 Å². The Balaban J connectivity index is 2.55. The Kier molecular flexibility index (Phi) is 7.64. The van der Waals surface area contributed by atoms with Crippen molar-refractivity contribution in [3.05, 3.63) is 50.7 Å². The van der Waals surface area contributed by atoms with E-state index in [0.717, 1.165) is 12.8 Å². The van der Waals surface area contributed by atoms with E-state index < -0.39 is 11.2 Å². The second kappa shape index (κ2) is 9.95. The maximum atomic E-state index is 13.3. The number of carbonyl (C=O) groups is 1. The van der Waals surface area contributed by atoms with E-state index in [1.807, 2.05) is 20.8 Å². The topological polar surface area (TPSA) is 110 Å². The molecule has 0 fully saturated rings. The van der Waals surface area contributed by atoms with Gasteiger partial charge in [-0.25, -0.2) is 4.79 Å². The van der Waals surface area contributed by atoms with Crippen molar-refractivity contribution >= 4 is 17.4 Å². The Hall–Kier alpha value is -3.03. The molecule has 0 saturated carbocycles. The smallest absolute Gasteiger partial charge is 0.330 e. The summed E-state index contributed by atoms with van der Waals surface area (Å²) < 4.78 is 6.46. The van der Waals surface area contributed by atoms with Crippen molar-refractivity contribution < 1.29 is 9.53 Å². The lowest BCUT2D eigenvalue weighted by atomic mass is 10.1. The van der Waals surface area contributed by atoms with Crippen LogP contribution in [0, 0.1) is 5.92 Å². The van der Waals surface area contributed by atoms with Crippen LogP contribution in [0.5, 0.6) is 5.75 Å². The molecule has 0 aliphatic heterocycles. The van der Waals surface area contributed by atoms with Gasteiger partial charge < -0.3 is 15.4 Å². The zero-order chi connectivity index (χ0) is 21.6. The molecule has 0 unspecified atom stereocenters. The molecule has 0 atom stereocenters. The molecule has 29 heavy (non-hydrogen) atoms. The molecule has 0 bridgehead atoms. The van der Waals surface area contributed by atoms with Crippen molar-refractivity contribution in [3.63, 3.8) is 0 Å². The fourth-order valence-corrected chi connectivity index (χ4v) is 2.97. The summed E-state index contributed by atoms with van der Waals surface area (Å²) in [6.07, 6.45) is 2.27. The molecule has 1 aromatic carbocycles. The van der Waals surface area contributed by atoms with Crippen LogP contribution in [0.2, 0.25) is 0 Å². The van der Waals surface area contributed by atoms with Crippen LogP contribution in [-0.4, -0.2) is 29.1 Å². The lowest BCUT2D eigenvalue weighted by Gasteiger charge is -2.25. The summed E-state index contributed by atoms with van der Waals surface area (Å²) in [4.78, 5) is 41.8. The van der Waals surface area contributed by atoms with Crippen LogP contribution in [0.1, 0.15) is 50.4 Å². The third-order valence-electron chi connectivity index (χ3n) is 4.73. The van der Waals surface area contributed by atoms with Gasteiger partial charge in [-0.15, -0.1) is 0 Å². The summed E-state index contributed by atoms with van der Waals surface area (Å²) in [6.45, 7) is 6.75. The molecule has 1 amide bonds. The Labute approximate surface area is 170 Å². The predicted molar refractivity (Wildman–Crippen MR) is 115 cm³/mol. The average Bonchev–Trinajstić information content (AvgIpc) is 2.69. The normalized spacial score (nSPS) is 10.9. The number of nitrogen functional groups attached to an aromatic ring is 1. The number of aromatic nitrogens is 2. The molecule has 2 aromatic rings. The van der Waals surface area contributed by atoms with E-state index in [0.29, 0.717) is 36.7 Å². The molecule has 158 valence electrons. The molecule has 0 aliphatic carbocycles. The Morgan fingerprint density at radius 2 is 1.90 bits per heavy atom. The molecule has 2 rings (SSSR count). The summed E-state index contributed by atoms with van der Waals surface area (Å²) in [7, 11) is 1.55. The van der Waals surface area contributed by atoms with Gasteiger partial charge in [0.2, 0.25) is 0 Å². The predicted octanol–water partition coefficient (Wildman–Crippen LogP) is 2.62. The van der Waals surface area contributed by atoms with Crippen LogP contribution in [-0.2, 0) is 6.54 Å². The van der Waals surface area contributed by atoms with E-state index in [-0.39, 0.29) is 17.4 Å². The first-order valence-electron chi connectivity index (χ1n) is 9.88. The fraction of sp³-hybridized carbons (Fsp3) is 0.476. The molecule has 0 spiro atoms. The Morgan fingerprint density at radius 1 is 1.24 bits per heavy atom. The van der Waals surface area contributed by atoms with Gasteiger partial charge in [-0.05, 0) is 43.0 Å². The number of aromatic amines is 1. The standard InChI is InChI=1S/C21H30N4O4/c1-5-6-12-25-18(22)17(19(26)23-21(25)28)24(13-11-14(2)3)20(27)15-7-9-16(29-4)10-8-15/h7-10,14H,5-6,11-13,22H2,1-4H3,(H,23,26,28). The molecule has 0 radical (unpaired) electrons. The highest BCUT2D eigenvalue weighted by Gasteiger charge is 2.25. The number of unbranched alkanes of at least 4 members (excludes halogenated alkanes) is 1. The van der Waals surface area contributed by atoms with Gasteiger partial charge in [0, 0.05) is 18.7 Å². The first-order valence-corrected chi connectivity index (χ1v) is 9.88. The number of rotatable bonds is 9. The average molecular weight is 402 g/mol. The maximum Gasteiger partial charge on any atom is 0.330 e. The number of H-pyrrole nitrogens is 1. The van der Waals surface area contributed by atoms with Crippen molar-refractivity contribution in [1.82, 2.24) is 9.55 Å². The van der Waals surface area contributed by atoms with Gasteiger partial charge in [-0.2, -0.15) is 0 Å². The summed E-state index contributed by atoms with van der Waals surface area (Å²) >= 11 is 0. The first-order chi connectivity index (χ1) is 13.8. The second-order valence-corrected chi connectivity index (χ2v) is 7.37. The van der Waals surface area contributed by atoms with Gasteiger partial charge in [0.25, 0.3) is 11.5 Å². The summed E-state index contributed by atoms with van der Waals surface area (Å²) in [5.41, 5.74) is 5.42. The van der Waals surface area contributed by atoms with E-state index in [4.69, 9.17) is 10.5 Å². The van der Waals surface area contributed by atoms with Crippen LogP contribution in [0.15, 0.2) is 33.9 Å². The molecule has 8 nitrogen and oxygen atoms in total. The number of methoxy groups -OCH3 is 1. The number of nitrogens with zero attached hydrogens (tertiary/aromatic N) is 2. The minimum atomic E-state index is -0.661. The Morgan fingerprint density at radius 3 is 2.45 bits per heavy atom. The van der Waals surface area contributed by atoms with Gasteiger partial charge in [0.05, 0.1) is 7.11 Å². The molecule has 0 aliphatic rings. The monoisotopic (exact) mass is 402 g/mol. The number of hydrogen-bond acceptors (Lipinski definition) is 5. The zero-order valence-electron chi connectivity index (χ0n) is 17.5. The van der Waals surface area contributed by atoms with Crippen molar-refractivity contribution in [2.75, 3.05) is 24.3 Å². The molecule has 0 saturated heterocycles. The number of ether oxygens (including phenoxy) is 1. The molecular weight excluding hydrogens is 372 g/mol. The molecular formula is C21H30N4O4. The summed E-state index contributed by atoms with van der Waals surface area (Å²) in [5.74, 6) is 0.595. The highest BCUT2D eigenvalue weighted by Crippen LogP contribution is 2.22. The van der Waals surface area contributed by atoms with Crippen LogP contribution >= 0.6 is 0 Å². The number of carbonyl (C=O) groups excluding carboxylic acids is 1. The SMILES string of the molecule is CCCCn1c(N)c(N(CCC(C)C)C(=O)c2ccc(OC)cc2)c(=O)[nH]c1=O. The second-order valence-electron chi connectivity index (χ2n) is 7.37. The molecule has 1 heterocycles. The minimum Gasteiger partial charge on any atom is -0.497 e. The number of nitrogens with two attached hydrogens (primary N) is 1. The third-order valence-corrected chi connectivity index (χ3v) is 4.73. The van der Waals surface area contributed by atoms with Crippen molar-refractivity contribution in [1.29, 1.82) is 0 Å². The first kappa shape index (κ1) is 22.3. The third kappa shape index (κ3) is 5.28. The summed E-state index contributed by atoms with van der Waals surface area (Å²) in [5, 5.41) is 0. The van der Waals surface area contributed by atoms with E-state index in [2.05, 4.69) is 4.98 Å². The molecule has 1 aromatic heterocycles. The van der Waals surface area contributed by atoms with Crippen LogP contribution in [0.25, 0.3) is 0 Å². The quantitative estimate of drug-likeness (QED) is 0.670. The van der Waals surface area contributed by atoms with E-state index in [1.165, 1.54) is 9.47 Å². The number of hydrogen-bond donors (Lipinski definition) is 2. The largest absolute Gasteiger partial charge is 0.497 e. The number of nitrogens with one attached hydrogen (secondary N) is 1. The zero-order valence-corrected chi connectivity index (χ0v) is 17.5. The molecule has 8 heteroatoms. The van der Waals surface area contributed by atoms with E-state index >= 15 is 0 Å². The van der Waals surface area contributed by atoms with Crippen LogP contribution in [0.4, 0.5) is 11.5 Å². The number of anilines is 2. The Bertz CT molecular complexity index is 945. The van der Waals surface area contributed by atoms with Gasteiger partial charge in [0.1, 0.15) is 11.6 Å². The van der Waals surface area contributed by atoms with Crippen molar-refractivity contribution in [3.8, 4) is 5.75 Å². The van der Waals surface area contributed by atoms with Crippen LogP contribution in [0.3, 0.4) is 0 Å². The number of amides is 1. The van der Waals surface area contributed by atoms with Crippen molar-refractivity contribution in [2.45, 2.75) is 46.6 Å². The van der Waals surface area contributed by atoms with Crippen molar-refractivity contribution in [2.24, 2.45) is 5.92 Å². The number of benzene rings is 1. The highest BCUT2D eigenvalue weighted by atomic mass is 16.5. The van der Waals surface area contributed by atoms with Gasteiger partial charge in [0.15, 0.2) is 5.69 Å². The van der Waals surface area contributed by atoms with Gasteiger partial charge >= 0.3 is 5.69 Å². The molecule has 3 N–H and O–H groups in total. The lowest BCUT2D eigenvalue weighted by molar-refractivity contribution is 0.0985. The summed E-state index contributed by atoms with van der Waals surface area (Å²) in [6, 6.07) is 6.65. The minimum absolute atomic E-state index is 0.0119. The van der Waals surface area contributed by atoms with Gasteiger partial charge in [-0.1, -0.05) is 27.2 Å². The van der Waals surface area contributed by atoms with Crippen LogP contribution < -0.4 is 26.6 Å². The lowest BCUT2D eigenvalue weighted by Crippen LogP contribution is -2.42. The fourth-order valence-electron chi connectivity index (χ4n) is 2.97. The van der Waals surface area contributed by atoms with Gasteiger partial charge in [-0.3, -0.25) is 19.1 Å². The highest BCUT2D eigenvalue weighted by molar-refractivity contribution is 6.07. The van der Waals surface area contributed by atoms with E-state index in [9.17, 15) is 14.4 Å².